The zero-order valence-corrected chi connectivity index (χ0v) is 27.8. The fourth-order valence-corrected chi connectivity index (χ4v) is 10.0. The van der Waals surface area contributed by atoms with E-state index in [9.17, 15) is 9.59 Å². The van der Waals surface area contributed by atoms with Crippen molar-refractivity contribution in [2.45, 2.75) is 150 Å². The lowest BCUT2D eigenvalue weighted by atomic mass is 9.47. The van der Waals surface area contributed by atoms with E-state index in [4.69, 9.17) is 16.2 Å². The molecule has 0 saturated heterocycles. The molecule has 4 rings (SSSR count). The van der Waals surface area contributed by atoms with Gasteiger partial charge < -0.3 is 21.5 Å². The van der Waals surface area contributed by atoms with Crippen molar-refractivity contribution in [2.24, 2.45) is 57.8 Å². The molecule has 0 aliphatic heterocycles. The standard InChI is InChI=1S/C36H63N3O3/c1-23(2)10-9-11-24(3)29-15-16-30-28-14-13-26-22-27(17-19-35(26,5)31(28)18-20-36(29,30)6)42-34(41)25(4)39-33(40)32(38)12-7-8-21-37/h13,23-25,27-32H,7-12,14-22,37-38H2,1-6H3,(H,39,40)/t24-,25?,27+,28+,29-,30+,31+,32?,35+,36-/m1/s1. The molecule has 3 fully saturated rings. The maximum atomic E-state index is 12.9. The number of fused-ring (bicyclic) bond motifs is 5. The van der Waals surface area contributed by atoms with Crippen LogP contribution in [0.2, 0.25) is 0 Å². The van der Waals surface area contributed by atoms with Gasteiger partial charge in [0.2, 0.25) is 5.91 Å². The highest BCUT2D eigenvalue weighted by Crippen LogP contribution is 2.67. The molecule has 6 nitrogen and oxygen atoms in total. The number of nitrogens with one attached hydrogen (secondary N) is 1. The normalized spacial score (nSPS) is 36.2. The fourth-order valence-electron chi connectivity index (χ4n) is 10.0. The Balaban J connectivity index is 1.33. The van der Waals surface area contributed by atoms with Crippen molar-refractivity contribution in [2.75, 3.05) is 6.54 Å². The van der Waals surface area contributed by atoms with Crippen molar-refractivity contribution >= 4 is 11.9 Å². The third-order valence-corrected chi connectivity index (χ3v) is 12.6. The predicted molar refractivity (Wildman–Crippen MR) is 171 cm³/mol. The van der Waals surface area contributed by atoms with E-state index in [0.29, 0.717) is 18.4 Å². The summed E-state index contributed by atoms with van der Waals surface area (Å²) in [4.78, 5) is 25.4. The molecule has 0 heterocycles. The smallest absolute Gasteiger partial charge is 0.328 e. The molecule has 0 aromatic heterocycles. The van der Waals surface area contributed by atoms with Gasteiger partial charge >= 0.3 is 5.97 Å². The topological polar surface area (TPSA) is 107 Å². The second-order valence-corrected chi connectivity index (χ2v) is 15.7. The number of carbonyl (C=O) groups is 2. The number of nitrogens with two attached hydrogens (primary N) is 2. The van der Waals surface area contributed by atoms with E-state index < -0.39 is 12.1 Å². The average molecular weight is 586 g/mol. The minimum absolute atomic E-state index is 0.109. The van der Waals surface area contributed by atoms with Crippen LogP contribution in [0.5, 0.6) is 0 Å². The van der Waals surface area contributed by atoms with E-state index in [1.165, 1.54) is 56.9 Å². The number of rotatable bonds is 13. The van der Waals surface area contributed by atoms with E-state index in [-0.39, 0.29) is 23.4 Å². The first-order chi connectivity index (χ1) is 19.9. The first-order valence-corrected chi connectivity index (χ1v) is 17.6. The Morgan fingerprint density at radius 3 is 2.45 bits per heavy atom. The first kappa shape index (κ1) is 33.5. The summed E-state index contributed by atoms with van der Waals surface area (Å²) in [6, 6.07) is -1.32. The van der Waals surface area contributed by atoms with Crippen LogP contribution >= 0.6 is 0 Å². The molecule has 6 heteroatoms. The van der Waals surface area contributed by atoms with Crippen LogP contribution < -0.4 is 16.8 Å². The molecule has 4 aliphatic carbocycles. The minimum Gasteiger partial charge on any atom is -0.461 e. The van der Waals surface area contributed by atoms with Gasteiger partial charge in [0.25, 0.3) is 0 Å². The third kappa shape index (κ3) is 7.11. The van der Waals surface area contributed by atoms with Gasteiger partial charge in [-0.15, -0.1) is 0 Å². The number of hydrogen-bond acceptors (Lipinski definition) is 5. The third-order valence-electron chi connectivity index (χ3n) is 12.6. The van der Waals surface area contributed by atoms with Gasteiger partial charge in [0.15, 0.2) is 0 Å². The van der Waals surface area contributed by atoms with Crippen molar-refractivity contribution in [3.05, 3.63) is 11.6 Å². The molecule has 42 heavy (non-hydrogen) atoms. The number of hydrogen-bond donors (Lipinski definition) is 3. The number of allylic oxidation sites excluding steroid dienone is 1. The first-order valence-electron chi connectivity index (χ1n) is 17.6. The SMILES string of the molecule is CC(C)CCC[C@@H](C)[C@H]1CC[C@H]2[C@@H]3CC=C4C[C@@H](OC(=O)C(C)NC(=O)C(N)CCCCN)CC[C@]4(C)[C@H]3CC[C@]12C. The molecule has 5 N–H and O–H groups in total. The van der Waals surface area contributed by atoms with Crippen LogP contribution in [-0.4, -0.2) is 36.6 Å². The molecule has 0 aromatic rings. The van der Waals surface area contributed by atoms with Gasteiger partial charge in [-0.2, -0.15) is 0 Å². The van der Waals surface area contributed by atoms with E-state index in [2.05, 4.69) is 46.0 Å². The maximum Gasteiger partial charge on any atom is 0.328 e. The highest BCUT2D eigenvalue weighted by Gasteiger charge is 2.59. The quantitative estimate of drug-likeness (QED) is 0.124. The van der Waals surface area contributed by atoms with Crippen molar-refractivity contribution in [3.63, 3.8) is 0 Å². The van der Waals surface area contributed by atoms with Gasteiger partial charge in [-0.05, 0) is 118 Å². The Hall–Kier alpha value is -1.40. The molecule has 2 unspecified atom stereocenters. The van der Waals surface area contributed by atoms with Gasteiger partial charge in [-0.1, -0.05) is 72.0 Å². The van der Waals surface area contributed by atoms with Crippen LogP contribution in [0.15, 0.2) is 11.6 Å². The number of ether oxygens (including phenoxy) is 1. The van der Waals surface area contributed by atoms with Crippen LogP contribution in [0.25, 0.3) is 0 Å². The highest BCUT2D eigenvalue weighted by atomic mass is 16.5. The van der Waals surface area contributed by atoms with Crippen LogP contribution in [0.1, 0.15) is 131 Å². The molecular formula is C36H63N3O3. The maximum absolute atomic E-state index is 12.9. The summed E-state index contributed by atoms with van der Waals surface area (Å²) < 4.78 is 5.98. The predicted octanol–water partition coefficient (Wildman–Crippen LogP) is 6.90. The van der Waals surface area contributed by atoms with Crippen molar-refractivity contribution < 1.29 is 14.3 Å². The second-order valence-electron chi connectivity index (χ2n) is 15.7. The highest BCUT2D eigenvalue weighted by molar-refractivity contribution is 5.87. The molecule has 3 saturated carbocycles. The van der Waals surface area contributed by atoms with Crippen LogP contribution in [0, 0.1) is 46.3 Å². The van der Waals surface area contributed by atoms with E-state index in [0.717, 1.165) is 67.6 Å². The Morgan fingerprint density at radius 1 is 0.976 bits per heavy atom. The number of esters is 1. The zero-order chi connectivity index (χ0) is 30.7. The van der Waals surface area contributed by atoms with E-state index in [1.54, 1.807) is 6.92 Å². The summed E-state index contributed by atoms with van der Waals surface area (Å²) in [7, 11) is 0. The summed E-state index contributed by atoms with van der Waals surface area (Å²) >= 11 is 0. The number of unbranched alkanes of at least 4 members (excludes halogenated alkanes) is 1. The summed E-state index contributed by atoms with van der Waals surface area (Å²) in [5.74, 6) is 4.29. The van der Waals surface area contributed by atoms with Gasteiger partial charge in [-0.25, -0.2) is 4.79 Å². The summed E-state index contributed by atoms with van der Waals surface area (Å²) in [5.41, 5.74) is 13.8. The summed E-state index contributed by atoms with van der Waals surface area (Å²) in [5, 5.41) is 2.76. The molecule has 0 radical (unpaired) electrons. The zero-order valence-electron chi connectivity index (χ0n) is 27.8. The van der Waals surface area contributed by atoms with Crippen molar-refractivity contribution in [3.8, 4) is 0 Å². The molecule has 240 valence electrons. The van der Waals surface area contributed by atoms with Gasteiger partial charge in [0.1, 0.15) is 12.1 Å². The molecule has 4 aliphatic rings. The Bertz CT molecular complexity index is 965. The lowest BCUT2D eigenvalue weighted by molar-refractivity contribution is -0.155. The molecular weight excluding hydrogens is 522 g/mol. The van der Waals surface area contributed by atoms with E-state index >= 15 is 0 Å². The van der Waals surface area contributed by atoms with Crippen LogP contribution in [0.3, 0.4) is 0 Å². The fraction of sp³-hybridized carbons (Fsp3) is 0.889. The lowest BCUT2D eigenvalue weighted by Crippen LogP contribution is -2.51. The number of amides is 1. The van der Waals surface area contributed by atoms with Crippen LogP contribution in [-0.2, 0) is 14.3 Å². The Labute approximate surface area is 256 Å². The number of carbonyl (C=O) groups excluding carboxylic acids is 2. The van der Waals surface area contributed by atoms with Gasteiger partial charge in [0.05, 0.1) is 6.04 Å². The van der Waals surface area contributed by atoms with Crippen molar-refractivity contribution in [1.82, 2.24) is 5.32 Å². The molecule has 10 atom stereocenters. The van der Waals surface area contributed by atoms with Gasteiger partial charge in [0, 0.05) is 6.42 Å². The van der Waals surface area contributed by atoms with E-state index in [1.807, 2.05) is 0 Å². The largest absolute Gasteiger partial charge is 0.461 e. The molecule has 0 bridgehead atoms. The summed E-state index contributed by atoms with van der Waals surface area (Å²) in [6.45, 7) is 14.7. The monoisotopic (exact) mass is 585 g/mol. The molecule has 0 aromatic carbocycles. The van der Waals surface area contributed by atoms with Crippen molar-refractivity contribution in [1.29, 1.82) is 0 Å². The second kappa shape index (κ2) is 14.1. The minimum atomic E-state index is -0.699. The molecule has 1 amide bonds. The summed E-state index contributed by atoms with van der Waals surface area (Å²) in [6.07, 6.45) is 18.4. The van der Waals surface area contributed by atoms with Crippen LogP contribution in [0.4, 0.5) is 0 Å². The Morgan fingerprint density at radius 2 is 1.74 bits per heavy atom. The lowest BCUT2D eigenvalue weighted by Gasteiger charge is -2.58. The molecule has 0 spiro atoms. The average Bonchev–Trinajstić information content (AvgIpc) is 3.30. The Kier molecular flexibility index (Phi) is 11.3. The van der Waals surface area contributed by atoms with Gasteiger partial charge in [-0.3, -0.25) is 4.79 Å².